The van der Waals surface area contributed by atoms with Crippen LogP contribution in [0.5, 0.6) is 0 Å². The normalized spacial score (nSPS) is 27.7. The summed E-state index contributed by atoms with van der Waals surface area (Å²) in [7, 11) is 0. The Balaban J connectivity index is 0.000000175. The van der Waals surface area contributed by atoms with Crippen LogP contribution < -0.4 is 10.6 Å². The third kappa shape index (κ3) is 6.74. The molecule has 4 saturated heterocycles. The van der Waals surface area contributed by atoms with Crippen molar-refractivity contribution in [1.82, 2.24) is 20.4 Å². The van der Waals surface area contributed by atoms with E-state index in [1.54, 1.807) is 13.8 Å². The standard InChI is InChI=1S/2C16H18N2O4/c2*1-10-13(8-14(19)17-10)15(20)18-12(9-22-16(18)21)7-11-5-3-2-4-6-11/h2*2-6,10,12-13H,7-9H2,1H3,(H,17,19)/t10-,12?,13+;10-,12-,13?/m01/s1. The molecule has 6 amide bonds. The van der Waals surface area contributed by atoms with Crippen molar-refractivity contribution in [3.05, 3.63) is 71.8 Å². The van der Waals surface area contributed by atoms with Crippen LogP contribution in [0.25, 0.3) is 0 Å². The average molecular weight is 605 g/mol. The van der Waals surface area contributed by atoms with Gasteiger partial charge in [0, 0.05) is 24.9 Å². The molecule has 0 aliphatic carbocycles. The number of imide groups is 2. The first kappa shape index (κ1) is 30.7. The Labute approximate surface area is 255 Å². The van der Waals surface area contributed by atoms with E-state index in [1.165, 1.54) is 9.80 Å². The van der Waals surface area contributed by atoms with Gasteiger partial charge in [-0.1, -0.05) is 60.7 Å². The lowest BCUT2D eigenvalue weighted by molar-refractivity contribution is -0.135. The van der Waals surface area contributed by atoms with Crippen molar-refractivity contribution in [3.8, 4) is 0 Å². The predicted molar refractivity (Wildman–Crippen MR) is 156 cm³/mol. The zero-order valence-corrected chi connectivity index (χ0v) is 24.6. The Morgan fingerprint density at radius 1 is 0.659 bits per heavy atom. The highest BCUT2D eigenvalue weighted by atomic mass is 16.6. The minimum Gasteiger partial charge on any atom is -0.447 e. The fourth-order valence-electron chi connectivity index (χ4n) is 6.07. The van der Waals surface area contributed by atoms with Crippen molar-refractivity contribution in [2.75, 3.05) is 13.2 Å². The van der Waals surface area contributed by atoms with E-state index >= 15 is 0 Å². The molecule has 0 radical (unpaired) electrons. The van der Waals surface area contributed by atoms with E-state index in [0.29, 0.717) is 12.8 Å². The van der Waals surface area contributed by atoms with Gasteiger partial charge in [-0.3, -0.25) is 19.2 Å². The van der Waals surface area contributed by atoms with E-state index in [2.05, 4.69) is 10.6 Å². The van der Waals surface area contributed by atoms with Crippen LogP contribution in [0.4, 0.5) is 9.59 Å². The lowest BCUT2D eigenvalue weighted by Crippen LogP contribution is -2.45. The molecule has 12 nitrogen and oxygen atoms in total. The molecule has 4 fully saturated rings. The lowest BCUT2D eigenvalue weighted by Gasteiger charge is -2.24. The van der Waals surface area contributed by atoms with Crippen LogP contribution in [0.2, 0.25) is 0 Å². The summed E-state index contributed by atoms with van der Waals surface area (Å²) < 4.78 is 10.1. The average Bonchev–Trinajstić information content (AvgIpc) is 3.75. The van der Waals surface area contributed by atoms with Gasteiger partial charge in [-0.15, -0.1) is 0 Å². The van der Waals surface area contributed by atoms with Crippen LogP contribution in [-0.2, 0) is 41.5 Å². The molecular weight excluding hydrogens is 568 g/mol. The first-order valence-corrected chi connectivity index (χ1v) is 14.8. The molecule has 2 N–H and O–H groups in total. The molecular formula is C32H36N4O8. The second-order valence-corrected chi connectivity index (χ2v) is 11.6. The summed E-state index contributed by atoms with van der Waals surface area (Å²) in [4.78, 5) is 74.4. The molecule has 0 saturated carbocycles. The third-order valence-corrected chi connectivity index (χ3v) is 8.45. The minimum absolute atomic E-state index is 0.127. The molecule has 4 aliphatic heterocycles. The molecule has 0 bridgehead atoms. The maximum absolute atomic E-state index is 12.6. The summed E-state index contributed by atoms with van der Waals surface area (Å²) in [6, 6.07) is 18.2. The molecule has 6 rings (SSSR count). The minimum atomic E-state index is -0.613. The van der Waals surface area contributed by atoms with Gasteiger partial charge in [-0.05, 0) is 37.8 Å². The van der Waals surface area contributed by atoms with Gasteiger partial charge in [0.25, 0.3) is 0 Å². The first-order chi connectivity index (χ1) is 21.1. The Morgan fingerprint density at radius 3 is 1.34 bits per heavy atom. The van der Waals surface area contributed by atoms with Crippen molar-refractivity contribution < 1.29 is 38.2 Å². The number of ether oxygens (including phenoxy) is 2. The number of carbonyl (C=O) groups is 6. The smallest absolute Gasteiger partial charge is 0.416 e. The fraction of sp³-hybridized carbons (Fsp3) is 0.438. The highest BCUT2D eigenvalue weighted by Gasteiger charge is 2.46. The molecule has 4 aliphatic rings. The second kappa shape index (κ2) is 13.3. The molecule has 232 valence electrons. The van der Waals surface area contributed by atoms with E-state index < -0.39 is 24.0 Å². The van der Waals surface area contributed by atoms with Crippen LogP contribution in [0.15, 0.2) is 60.7 Å². The molecule has 0 aromatic heterocycles. The van der Waals surface area contributed by atoms with Crippen LogP contribution in [0.3, 0.4) is 0 Å². The van der Waals surface area contributed by atoms with Crippen LogP contribution in [0, 0.1) is 11.8 Å². The number of cyclic esters (lactones) is 2. The zero-order valence-electron chi connectivity index (χ0n) is 24.6. The molecule has 12 heteroatoms. The molecule has 2 aromatic rings. The number of hydrogen-bond donors (Lipinski definition) is 2. The topological polar surface area (TPSA) is 151 Å². The Hall–Kier alpha value is -4.74. The molecule has 0 spiro atoms. The van der Waals surface area contributed by atoms with E-state index in [4.69, 9.17) is 9.47 Å². The van der Waals surface area contributed by atoms with Gasteiger partial charge in [-0.25, -0.2) is 19.4 Å². The van der Waals surface area contributed by atoms with E-state index in [9.17, 15) is 28.8 Å². The van der Waals surface area contributed by atoms with Gasteiger partial charge in [0.15, 0.2) is 0 Å². The fourth-order valence-corrected chi connectivity index (χ4v) is 6.07. The highest BCUT2D eigenvalue weighted by Crippen LogP contribution is 2.26. The Bertz CT molecular complexity index is 1310. The van der Waals surface area contributed by atoms with Crippen LogP contribution in [0.1, 0.15) is 37.8 Å². The quantitative estimate of drug-likeness (QED) is 0.509. The maximum atomic E-state index is 12.6. The predicted octanol–water partition coefficient (Wildman–Crippen LogP) is 2.20. The molecule has 44 heavy (non-hydrogen) atoms. The van der Waals surface area contributed by atoms with Crippen molar-refractivity contribution in [3.63, 3.8) is 0 Å². The molecule has 6 atom stereocenters. The summed E-state index contributed by atoms with van der Waals surface area (Å²) in [5.74, 6) is -1.97. The number of benzene rings is 2. The lowest BCUT2D eigenvalue weighted by atomic mass is 9.98. The van der Waals surface area contributed by atoms with E-state index in [0.717, 1.165) is 11.1 Å². The first-order valence-electron chi connectivity index (χ1n) is 14.8. The van der Waals surface area contributed by atoms with Gasteiger partial charge < -0.3 is 20.1 Å². The van der Waals surface area contributed by atoms with E-state index in [1.807, 2.05) is 60.7 Å². The van der Waals surface area contributed by atoms with Crippen molar-refractivity contribution in [1.29, 1.82) is 0 Å². The Morgan fingerprint density at radius 2 is 1.02 bits per heavy atom. The second-order valence-electron chi connectivity index (χ2n) is 11.6. The number of hydrogen-bond acceptors (Lipinski definition) is 8. The monoisotopic (exact) mass is 604 g/mol. The third-order valence-electron chi connectivity index (χ3n) is 8.45. The number of rotatable bonds is 6. The van der Waals surface area contributed by atoms with Gasteiger partial charge in [-0.2, -0.15) is 0 Å². The molecule has 2 unspecified atom stereocenters. The van der Waals surface area contributed by atoms with Crippen molar-refractivity contribution in [2.24, 2.45) is 11.8 Å². The number of amides is 6. The summed E-state index contributed by atoms with van der Waals surface area (Å²) in [6.45, 7) is 3.95. The van der Waals surface area contributed by atoms with E-state index in [-0.39, 0.29) is 73.9 Å². The SMILES string of the molecule is C[C@@H]1NC(=O)C[C@H]1C(=O)N1C(=O)OCC1Cc1ccccc1.C[C@H]1NC(=O)CC1C(=O)N1C(=O)OC[C@H]1Cc1ccccc1. The van der Waals surface area contributed by atoms with Gasteiger partial charge in [0.05, 0.1) is 23.9 Å². The van der Waals surface area contributed by atoms with Crippen LogP contribution >= 0.6 is 0 Å². The summed E-state index contributed by atoms with van der Waals surface area (Å²) >= 11 is 0. The Kier molecular flexibility index (Phi) is 9.26. The van der Waals surface area contributed by atoms with Crippen molar-refractivity contribution >= 4 is 35.8 Å². The van der Waals surface area contributed by atoms with Gasteiger partial charge in [0.2, 0.25) is 23.6 Å². The number of carbonyl (C=O) groups excluding carboxylic acids is 6. The maximum Gasteiger partial charge on any atom is 0.416 e. The van der Waals surface area contributed by atoms with Crippen LogP contribution in [-0.4, -0.2) is 83.0 Å². The molecule has 2 aromatic carbocycles. The van der Waals surface area contributed by atoms with Crippen molar-refractivity contribution in [2.45, 2.75) is 63.7 Å². The van der Waals surface area contributed by atoms with Gasteiger partial charge in [0.1, 0.15) is 13.2 Å². The number of nitrogens with one attached hydrogen (secondary N) is 2. The summed E-state index contributed by atoms with van der Waals surface area (Å²) in [5, 5.41) is 5.42. The molecule has 4 heterocycles. The summed E-state index contributed by atoms with van der Waals surface area (Å²) in [5.41, 5.74) is 2.08. The number of nitrogens with zero attached hydrogens (tertiary/aromatic N) is 2. The summed E-state index contributed by atoms with van der Waals surface area (Å²) in [6.07, 6.45) is 0.139. The largest absolute Gasteiger partial charge is 0.447 e. The zero-order chi connectivity index (χ0) is 31.4. The van der Waals surface area contributed by atoms with Gasteiger partial charge >= 0.3 is 12.2 Å². The highest BCUT2D eigenvalue weighted by molar-refractivity contribution is 5.99.